The Balaban J connectivity index is 3.38. The highest BCUT2D eigenvalue weighted by atomic mass is 16.4. The van der Waals surface area contributed by atoms with Gasteiger partial charge >= 0.3 is 5.97 Å². The van der Waals surface area contributed by atoms with Crippen LogP contribution in [-0.4, -0.2) is 27.5 Å². The van der Waals surface area contributed by atoms with E-state index in [1.807, 2.05) is 0 Å². The molecule has 13 heavy (non-hydrogen) atoms. The smallest absolute Gasteiger partial charge is 0.335 e. The van der Waals surface area contributed by atoms with Crippen molar-refractivity contribution in [3.8, 4) is 11.5 Å². The second-order valence-corrected chi connectivity index (χ2v) is 2.38. The van der Waals surface area contributed by atoms with Crippen molar-refractivity contribution in [2.24, 2.45) is 0 Å². The molecule has 0 spiro atoms. The second-order valence-electron chi connectivity index (χ2n) is 2.38. The van der Waals surface area contributed by atoms with E-state index in [0.717, 1.165) is 18.3 Å². The second kappa shape index (κ2) is 3.14. The van der Waals surface area contributed by atoms with Crippen LogP contribution in [-0.2, 0) is 0 Å². The first-order valence-electron chi connectivity index (χ1n) is 3.36. The topological polar surface area (TPSA) is 102 Å². The van der Waals surface area contributed by atoms with Crippen molar-refractivity contribution in [3.05, 3.63) is 23.3 Å². The molecule has 0 unspecified atom stereocenters. The zero-order valence-corrected chi connectivity index (χ0v) is 6.48. The molecule has 0 saturated carbocycles. The molecule has 0 aliphatic carbocycles. The summed E-state index contributed by atoms with van der Waals surface area (Å²) >= 11 is 0. The number of phenols is 2. The van der Waals surface area contributed by atoms with Gasteiger partial charge in [0.25, 0.3) is 0 Å². The van der Waals surface area contributed by atoms with E-state index in [1.165, 1.54) is 0 Å². The van der Waals surface area contributed by atoms with Crippen molar-refractivity contribution >= 4 is 12.2 Å². The number of carbonyl (C=O) groups is 1. The van der Waals surface area contributed by atoms with E-state index in [2.05, 4.69) is 0 Å². The zero-order valence-electron chi connectivity index (χ0n) is 6.48. The van der Waals surface area contributed by atoms with Gasteiger partial charge in [0.1, 0.15) is 0 Å². The molecule has 0 aromatic heterocycles. The van der Waals surface area contributed by atoms with Gasteiger partial charge in [0.05, 0.1) is 5.56 Å². The van der Waals surface area contributed by atoms with Crippen molar-refractivity contribution in [3.63, 3.8) is 0 Å². The Morgan fingerprint density at radius 2 is 2.00 bits per heavy atom. The molecule has 1 aromatic carbocycles. The van der Waals surface area contributed by atoms with Gasteiger partial charge < -0.3 is 20.7 Å². The van der Waals surface area contributed by atoms with Crippen LogP contribution in [0, 0.1) is 5.41 Å². The van der Waals surface area contributed by atoms with Gasteiger partial charge in [-0.3, -0.25) is 0 Å². The van der Waals surface area contributed by atoms with Gasteiger partial charge in [0.2, 0.25) is 0 Å². The average Bonchev–Trinajstić information content (AvgIpc) is 2.09. The standard InChI is InChI=1S/C8H7NO4/c9-3-5-1-4(8(12)13)2-6(10)7(5)11/h1-3,9-11H,(H,12,13). The predicted molar refractivity (Wildman–Crippen MR) is 44.6 cm³/mol. The molecule has 0 amide bonds. The van der Waals surface area contributed by atoms with Gasteiger partial charge in [-0.25, -0.2) is 4.79 Å². The molecule has 68 valence electrons. The summed E-state index contributed by atoms with van der Waals surface area (Å²) in [7, 11) is 0. The fraction of sp³-hybridized carbons (Fsp3) is 0. The summed E-state index contributed by atoms with van der Waals surface area (Å²) in [5.41, 5.74) is -0.203. The first-order valence-corrected chi connectivity index (χ1v) is 3.36. The van der Waals surface area contributed by atoms with E-state index in [1.54, 1.807) is 0 Å². The molecular formula is C8H7NO4. The summed E-state index contributed by atoms with van der Waals surface area (Å²) < 4.78 is 0. The van der Waals surface area contributed by atoms with Crippen LogP contribution >= 0.6 is 0 Å². The molecule has 0 fully saturated rings. The highest BCUT2D eigenvalue weighted by molar-refractivity contribution is 5.93. The van der Waals surface area contributed by atoms with Crippen molar-refractivity contribution in [1.29, 1.82) is 5.41 Å². The average molecular weight is 181 g/mol. The zero-order chi connectivity index (χ0) is 10.0. The lowest BCUT2D eigenvalue weighted by Gasteiger charge is -2.02. The first-order chi connectivity index (χ1) is 6.06. The molecule has 5 nitrogen and oxygen atoms in total. The fourth-order valence-electron chi connectivity index (χ4n) is 0.875. The number of nitrogens with one attached hydrogen (secondary N) is 1. The van der Waals surface area contributed by atoms with E-state index in [9.17, 15) is 4.79 Å². The van der Waals surface area contributed by atoms with Gasteiger partial charge in [-0.05, 0) is 12.1 Å². The summed E-state index contributed by atoms with van der Waals surface area (Å²) in [6.07, 6.45) is 0.765. The third kappa shape index (κ3) is 1.58. The molecule has 1 rings (SSSR count). The van der Waals surface area contributed by atoms with Crippen molar-refractivity contribution < 1.29 is 20.1 Å². The first kappa shape index (κ1) is 9.05. The van der Waals surface area contributed by atoms with E-state index in [4.69, 9.17) is 20.7 Å². The minimum absolute atomic E-state index is 0.0302. The van der Waals surface area contributed by atoms with E-state index < -0.39 is 17.5 Å². The maximum atomic E-state index is 10.5. The van der Waals surface area contributed by atoms with Gasteiger partial charge in [-0.15, -0.1) is 0 Å². The third-order valence-electron chi connectivity index (χ3n) is 1.52. The normalized spacial score (nSPS) is 9.54. The Morgan fingerprint density at radius 1 is 1.38 bits per heavy atom. The Hall–Kier alpha value is -2.04. The summed E-state index contributed by atoms with van der Waals surface area (Å²) in [6, 6.07) is 2.02. The number of rotatable bonds is 2. The monoisotopic (exact) mass is 181 g/mol. The number of hydrogen-bond donors (Lipinski definition) is 4. The van der Waals surface area contributed by atoms with Crippen molar-refractivity contribution in [2.75, 3.05) is 0 Å². The lowest BCUT2D eigenvalue weighted by molar-refractivity contribution is 0.0696. The summed E-state index contributed by atoms with van der Waals surface area (Å²) in [5, 5.41) is 33.5. The van der Waals surface area contributed by atoms with Gasteiger partial charge in [0.15, 0.2) is 11.5 Å². The lowest BCUT2D eigenvalue weighted by Crippen LogP contribution is -1.97. The summed E-state index contributed by atoms with van der Waals surface area (Å²) in [5.74, 6) is -2.25. The maximum Gasteiger partial charge on any atom is 0.335 e. The molecule has 0 atom stereocenters. The van der Waals surface area contributed by atoms with E-state index in [0.29, 0.717) is 0 Å². The van der Waals surface area contributed by atoms with Crippen LogP contribution in [0.1, 0.15) is 15.9 Å². The molecule has 0 bridgehead atoms. The number of hydrogen-bond acceptors (Lipinski definition) is 4. The number of carboxylic acids is 1. The molecule has 4 N–H and O–H groups in total. The van der Waals surface area contributed by atoms with Gasteiger partial charge in [-0.2, -0.15) is 0 Å². The Morgan fingerprint density at radius 3 is 2.46 bits per heavy atom. The number of phenolic OH excluding ortho intramolecular Hbond substituents is 2. The van der Waals surface area contributed by atoms with Gasteiger partial charge in [0, 0.05) is 11.8 Å². The summed E-state index contributed by atoms with van der Waals surface area (Å²) in [6.45, 7) is 0. The van der Waals surface area contributed by atoms with Crippen LogP contribution < -0.4 is 0 Å². The maximum absolute atomic E-state index is 10.5. The number of aromatic carboxylic acids is 1. The molecule has 0 heterocycles. The van der Waals surface area contributed by atoms with Gasteiger partial charge in [-0.1, -0.05) is 0 Å². The molecule has 1 aromatic rings. The number of benzene rings is 1. The molecule has 0 aliphatic heterocycles. The van der Waals surface area contributed by atoms with Crippen LogP contribution in [0.25, 0.3) is 0 Å². The minimum Gasteiger partial charge on any atom is -0.504 e. The number of aromatic hydroxyl groups is 2. The molecule has 5 heteroatoms. The summed E-state index contributed by atoms with van der Waals surface area (Å²) in [4.78, 5) is 10.5. The Labute approximate surface area is 73.4 Å². The quantitative estimate of drug-likeness (QED) is 0.400. The highest BCUT2D eigenvalue weighted by Gasteiger charge is 2.11. The molecular weight excluding hydrogens is 174 g/mol. The lowest BCUT2D eigenvalue weighted by atomic mass is 10.1. The molecule has 0 radical (unpaired) electrons. The molecule has 0 aliphatic rings. The van der Waals surface area contributed by atoms with Crippen LogP contribution in [0.5, 0.6) is 11.5 Å². The largest absolute Gasteiger partial charge is 0.504 e. The minimum atomic E-state index is -1.22. The van der Waals surface area contributed by atoms with E-state index >= 15 is 0 Å². The number of carboxylic acid groups (broad SMARTS) is 1. The Bertz CT molecular complexity index is 373. The van der Waals surface area contributed by atoms with Crippen molar-refractivity contribution in [2.45, 2.75) is 0 Å². The van der Waals surface area contributed by atoms with Crippen LogP contribution in [0.15, 0.2) is 12.1 Å². The van der Waals surface area contributed by atoms with Crippen LogP contribution in [0.3, 0.4) is 0 Å². The highest BCUT2D eigenvalue weighted by Crippen LogP contribution is 2.29. The van der Waals surface area contributed by atoms with Crippen LogP contribution in [0.2, 0.25) is 0 Å². The molecule has 0 saturated heterocycles. The Kier molecular flexibility index (Phi) is 2.19. The van der Waals surface area contributed by atoms with Crippen molar-refractivity contribution in [1.82, 2.24) is 0 Å². The predicted octanol–water partition coefficient (Wildman–Crippen LogP) is 0.794. The SMILES string of the molecule is N=Cc1cc(C(=O)O)cc(O)c1O. The van der Waals surface area contributed by atoms with Crippen LogP contribution in [0.4, 0.5) is 0 Å². The third-order valence-corrected chi connectivity index (χ3v) is 1.52. The van der Waals surface area contributed by atoms with E-state index in [-0.39, 0.29) is 11.1 Å². The fourth-order valence-corrected chi connectivity index (χ4v) is 0.875.